The van der Waals surface area contributed by atoms with Crippen LogP contribution < -0.4 is 14.4 Å². The molecule has 0 fully saturated rings. The normalized spacial score (nSPS) is 11.1. The molecule has 1 heterocycles. The fourth-order valence-corrected chi connectivity index (χ4v) is 3.82. The second-order valence-corrected chi connectivity index (χ2v) is 7.88. The Labute approximate surface area is 173 Å². The maximum absolute atomic E-state index is 13.2. The van der Waals surface area contributed by atoms with Crippen molar-refractivity contribution < 1.29 is 14.3 Å². The average molecular weight is 420 g/mol. The minimum atomic E-state index is -0.114. The third-order valence-electron chi connectivity index (χ3n) is 4.22. The van der Waals surface area contributed by atoms with Crippen LogP contribution in [0.4, 0.5) is 5.13 Å². The Morgan fingerprint density at radius 1 is 1.07 bits per heavy atom. The van der Waals surface area contributed by atoms with Gasteiger partial charge in [-0.25, -0.2) is 4.98 Å². The van der Waals surface area contributed by atoms with Gasteiger partial charge in [0.1, 0.15) is 0 Å². The van der Waals surface area contributed by atoms with E-state index in [1.807, 2.05) is 31.1 Å². The lowest BCUT2D eigenvalue weighted by Crippen LogP contribution is -2.36. The van der Waals surface area contributed by atoms with Crippen molar-refractivity contribution in [2.45, 2.75) is 0 Å². The third kappa shape index (κ3) is 4.38. The number of rotatable bonds is 7. The minimum absolute atomic E-state index is 0.114. The summed E-state index contributed by atoms with van der Waals surface area (Å²) in [5.41, 5.74) is 1.33. The van der Waals surface area contributed by atoms with E-state index in [1.165, 1.54) is 11.3 Å². The zero-order chi connectivity index (χ0) is 20.3. The van der Waals surface area contributed by atoms with Crippen molar-refractivity contribution in [1.29, 1.82) is 0 Å². The second kappa shape index (κ2) is 8.77. The number of nitrogens with zero attached hydrogens (tertiary/aromatic N) is 3. The zero-order valence-corrected chi connectivity index (χ0v) is 17.8. The quantitative estimate of drug-likeness (QED) is 0.575. The number of methoxy groups -OCH3 is 2. The van der Waals surface area contributed by atoms with Gasteiger partial charge in [-0.1, -0.05) is 22.9 Å². The molecule has 0 unspecified atom stereocenters. The van der Waals surface area contributed by atoms with Gasteiger partial charge in [0.2, 0.25) is 0 Å². The van der Waals surface area contributed by atoms with Gasteiger partial charge >= 0.3 is 0 Å². The summed E-state index contributed by atoms with van der Waals surface area (Å²) in [7, 11) is 7.13. The summed E-state index contributed by atoms with van der Waals surface area (Å²) < 4.78 is 11.7. The van der Waals surface area contributed by atoms with Crippen molar-refractivity contribution in [3.8, 4) is 11.5 Å². The van der Waals surface area contributed by atoms with Crippen molar-refractivity contribution >= 4 is 44.2 Å². The van der Waals surface area contributed by atoms with Crippen molar-refractivity contribution in [3.05, 3.63) is 47.0 Å². The number of anilines is 1. The fraction of sp³-hybridized carbons (Fsp3) is 0.300. The van der Waals surface area contributed by atoms with Gasteiger partial charge in [0.05, 0.1) is 24.4 Å². The van der Waals surface area contributed by atoms with Crippen LogP contribution in [-0.2, 0) is 0 Å². The summed E-state index contributed by atoms with van der Waals surface area (Å²) in [4.78, 5) is 21.6. The summed E-state index contributed by atoms with van der Waals surface area (Å²) in [5.74, 6) is 1.13. The lowest BCUT2D eigenvalue weighted by Gasteiger charge is -2.22. The number of amides is 1. The molecule has 0 spiro atoms. The average Bonchev–Trinajstić information content (AvgIpc) is 3.09. The number of carbonyl (C=O) groups is 1. The molecule has 2 aromatic carbocycles. The Morgan fingerprint density at radius 2 is 1.71 bits per heavy atom. The van der Waals surface area contributed by atoms with Gasteiger partial charge in [0.25, 0.3) is 5.91 Å². The summed E-state index contributed by atoms with van der Waals surface area (Å²) >= 11 is 7.41. The maximum Gasteiger partial charge on any atom is 0.260 e. The van der Waals surface area contributed by atoms with Crippen LogP contribution in [0.3, 0.4) is 0 Å². The largest absolute Gasteiger partial charge is 0.493 e. The number of hydrogen-bond acceptors (Lipinski definition) is 6. The first-order valence-electron chi connectivity index (χ1n) is 8.67. The summed E-state index contributed by atoms with van der Waals surface area (Å²) in [6.07, 6.45) is 0. The molecule has 0 N–H and O–H groups in total. The summed E-state index contributed by atoms with van der Waals surface area (Å²) in [6, 6.07) is 10.6. The van der Waals surface area contributed by atoms with Crippen LogP contribution in [-0.4, -0.2) is 57.2 Å². The lowest BCUT2D eigenvalue weighted by atomic mass is 10.2. The smallest absolute Gasteiger partial charge is 0.260 e. The predicted octanol–water partition coefficient (Wildman–Crippen LogP) is 4.18. The Bertz CT molecular complexity index is 932. The molecule has 0 atom stereocenters. The molecule has 1 amide bonds. The van der Waals surface area contributed by atoms with Gasteiger partial charge in [-0.2, -0.15) is 0 Å². The molecule has 0 bridgehead atoms. The molecule has 0 aliphatic rings. The highest BCUT2D eigenvalue weighted by molar-refractivity contribution is 7.22. The van der Waals surface area contributed by atoms with E-state index in [2.05, 4.69) is 4.98 Å². The number of fused-ring (bicyclic) bond motifs is 1. The second-order valence-electron chi connectivity index (χ2n) is 6.44. The van der Waals surface area contributed by atoms with Gasteiger partial charge in [0, 0.05) is 35.8 Å². The van der Waals surface area contributed by atoms with Gasteiger partial charge in [-0.05, 0) is 38.4 Å². The Hall–Kier alpha value is -2.35. The van der Waals surface area contributed by atoms with Crippen molar-refractivity contribution in [3.63, 3.8) is 0 Å². The minimum Gasteiger partial charge on any atom is -0.493 e. The molecule has 3 aromatic rings. The van der Waals surface area contributed by atoms with E-state index in [0.717, 1.165) is 10.2 Å². The first-order valence-corrected chi connectivity index (χ1v) is 9.87. The van der Waals surface area contributed by atoms with Gasteiger partial charge in [-0.3, -0.25) is 9.69 Å². The molecule has 1 aromatic heterocycles. The maximum atomic E-state index is 13.2. The highest BCUT2D eigenvalue weighted by atomic mass is 35.5. The molecular weight excluding hydrogens is 398 g/mol. The molecule has 3 rings (SSSR count). The van der Waals surface area contributed by atoms with E-state index in [4.69, 9.17) is 21.1 Å². The highest BCUT2D eigenvalue weighted by Gasteiger charge is 2.22. The van der Waals surface area contributed by atoms with E-state index in [9.17, 15) is 4.79 Å². The number of carbonyl (C=O) groups excluding carboxylic acids is 1. The number of likely N-dealkylation sites (N-methyl/N-ethyl adjacent to an activating group) is 1. The SMILES string of the molecule is COc1cc2nc(N(CCN(C)C)C(=O)c3ccc(Cl)cc3)sc2cc1OC. The van der Waals surface area contributed by atoms with Crippen LogP contribution in [0.2, 0.25) is 5.02 Å². The monoisotopic (exact) mass is 419 g/mol. The zero-order valence-electron chi connectivity index (χ0n) is 16.2. The first-order chi connectivity index (χ1) is 13.4. The molecule has 148 valence electrons. The first kappa shape index (κ1) is 20.4. The van der Waals surface area contributed by atoms with E-state index >= 15 is 0 Å². The molecule has 28 heavy (non-hydrogen) atoms. The molecule has 0 saturated heterocycles. The fourth-order valence-electron chi connectivity index (χ4n) is 2.69. The van der Waals surface area contributed by atoms with Crippen molar-refractivity contribution in [2.24, 2.45) is 0 Å². The molecular formula is C20H22ClN3O3S. The number of thiazole rings is 1. The van der Waals surface area contributed by atoms with Crippen LogP contribution >= 0.6 is 22.9 Å². The molecule has 6 nitrogen and oxygen atoms in total. The number of benzene rings is 2. The number of aromatic nitrogens is 1. The van der Waals surface area contributed by atoms with E-state index in [-0.39, 0.29) is 5.91 Å². The van der Waals surface area contributed by atoms with Crippen molar-refractivity contribution in [1.82, 2.24) is 9.88 Å². The Balaban J connectivity index is 2.01. The van der Waals surface area contributed by atoms with E-state index in [0.29, 0.717) is 40.3 Å². The van der Waals surface area contributed by atoms with Crippen LogP contribution in [0.15, 0.2) is 36.4 Å². The molecule has 0 saturated carbocycles. The lowest BCUT2D eigenvalue weighted by molar-refractivity contribution is 0.0985. The summed E-state index contributed by atoms with van der Waals surface area (Å²) in [5, 5.41) is 1.22. The van der Waals surface area contributed by atoms with E-state index in [1.54, 1.807) is 43.4 Å². The van der Waals surface area contributed by atoms with Crippen LogP contribution in [0.25, 0.3) is 10.2 Å². The third-order valence-corrected chi connectivity index (χ3v) is 5.51. The number of halogens is 1. The van der Waals surface area contributed by atoms with Crippen molar-refractivity contribution in [2.75, 3.05) is 46.3 Å². The number of hydrogen-bond donors (Lipinski definition) is 0. The number of ether oxygens (including phenoxy) is 2. The molecule has 8 heteroatoms. The standard InChI is InChI=1S/C20H22ClN3O3S/c1-23(2)9-10-24(19(25)13-5-7-14(21)8-6-13)20-22-15-11-16(26-3)17(27-4)12-18(15)28-20/h5-8,11-12H,9-10H2,1-4H3. The molecule has 0 radical (unpaired) electrons. The Kier molecular flexibility index (Phi) is 6.39. The van der Waals surface area contributed by atoms with Crippen LogP contribution in [0, 0.1) is 0 Å². The molecule has 0 aliphatic heterocycles. The van der Waals surface area contributed by atoms with Gasteiger partial charge < -0.3 is 14.4 Å². The molecule has 0 aliphatic carbocycles. The van der Waals surface area contributed by atoms with Gasteiger partial charge in [0.15, 0.2) is 16.6 Å². The predicted molar refractivity (Wildman–Crippen MR) is 114 cm³/mol. The van der Waals surface area contributed by atoms with Gasteiger partial charge in [-0.15, -0.1) is 0 Å². The highest BCUT2D eigenvalue weighted by Crippen LogP contribution is 2.37. The summed E-state index contributed by atoms with van der Waals surface area (Å²) in [6.45, 7) is 1.23. The Morgan fingerprint density at radius 3 is 2.32 bits per heavy atom. The van der Waals surface area contributed by atoms with Crippen LogP contribution in [0.1, 0.15) is 10.4 Å². The van der Waals surface area contributed by atoms with Crippen LogP contribution in [0.5, 0.6) is 11.5 Å². The topological polar surface area (TPSA) is 54.9 Å². The van der Waals surface area contributed by atoms with E-state index < -0.39 is 0 Å².